The Labute approximate surface area is 186 Å². The molecule has 170 valence electrons. The van der Waals surface area contributed by atoms with E-state index >= 15 is 0 Å². The Morgan fingerprint density at radius 3 is 2.59 bits per heavy atom. The van der Waals surface area contributed by atoms with E-state index in [1.165, 1.54) is 20.4 Å². The maximum atomic E-state index is 12.3. The average molecular weight is 441 g/mol. The third-order valence-corrected chi connectivity index (χ3v) is 4.83. The zero-order valence-corrected chi connectivity index (χ0v) is 18.1. The molecule has 2 aromatic rings. The molecule has 0 saturated carbocycles. The first-order chi connectivity index (χ1) is 15.6. The molecule has 1 saturated heterocycles. The monoisotopic (exact) mass is 441 g/mol. The van der Waals surface area contributed by atoms with Gasteiger partial charge in [0.2, 0.25) is 0 Å². The minimum Gasteiger partial charge on any atom is -0.493 e. The van der Waals surface area contributed by atoms with E-state index in [1.807, 2.05) is 0 Å². The summed E-state index contributed by atoms with van der Waals surface area (Å²) in [4.78, 5) is 24.1. The van der Waals surface area contributed by atoms with Crippen LogP contribution in [0.3, 0.4) is 0 Å². The molecule has 0 aromatic heterocycles. The van der Waals surface area contributed by atoms with E-state index in [0.717, 1.165) is 25.0 Å². The maximum absolute atomic E-state index is 12.3. The molecule has 2 aromatic carbocycles. The molecule has 3 rings (SSSR count). The number of methoxy groups -OCH3 is 2. The molecule has 1 aliphatic rings. The quantitative estimate of drug-likeness (QED) is 0.432. The molecular formula is C23H27N3O6. The number of nitrogens with zero attached hydrogens (tertiary/aromatic N) is 1. The van der Waals surface area contributed by atoms with Gasteiger partial charge in [-0.05, 0) is 60.9 Å². The molecule has 1 aliphatic heterocycles. The Morgan fingerprint density at radius 1 is 1.12 bits per heavy atom. The molecule has 0 radical (unpaired) electrons. The fourth-order valence-corrected chi connectivity index (χ4v) is 3.09. The fraction of sp³-hybridized carbons (Fsp3) is 0.348. The number of amides is 2. The smallest absolute Gasteiger partial charge is 0.271 e. The van der Waals surface area contributed by atoms with E-state index in [9.17, 15) is 9.59 Å². The summed E-state index contributed by atoms with van der Waals surface area (Å²) in [5, 5.41) is 6.78. The lowest BCUT2D eigenvalue weighted by molar-refractivity contribution is -0.123. The van der Waals surface area contributed by atoms with E-state index in [0.29, 0.717) is 29.4 Å². The molecule has 0 spiro atoms. The van der Waals surface area contributed by atoms with Crippen molar-refractivity contribution in [2.45, 2.75) is 18.9 Å². The molecule has 1 unspecified atom stereocenters. The summed E-state index contributed by atoms with van der Waals surface area (Å²) >= 11 is 0. The Bertz CT molecular complexity index is 939. The molecule has 0 bridgehead atoms. The first-order valence-corrected chi connectivity index (χ1v) is 10.3. The van der Waals surface area contributed by atoms with Gasteiger partial charge in [-0.1, -0.05) is 0 Å². The number of rotatable bonds is 10. The minimum atomic E-state index is -0.379. The van der Waals surface area contributed by atoms with Crippen LogP contribution >= 0.6 is 0 Å². The second-order valence-electron chi connectivity index (χ2n) is 7.07. The third-order valence-electron chi connectivity index (χ3n) is 4.83. The summed E-state index contributed by atoms with van der Waals surface area (Å²) in [6, 6.07) is 11.8. The molecular weight excluding hydrogens is 414 g/mol. The van der Waals surface area contributed by atoms with Crippen LogP contribution in [0.1, 0.15) is 28.8 Å². The van der Waals surface area contributed by atoms with Crippen molar-refractivity contribution < 1.29 is 28.5 Å². The van der Waals surface area contributed by atoms with Gasteiger partial charge < -0.3 is 24.3 Å². The Morgan fingerprint density at radius 2 is 1.91 bits per heavy atom. The van der Waals surface area contributed by atoms with Crippen LogP contribution in [0, 0.1) is 0 Å². The van der Waals surface area contributed by atoms with Crippen molar-refractivity contribution in [3.63, 3.8) is 0 Å². The number of nitrogens with one attached hydrogen (secondary N) is 2. The van der Waals surface area contributed by atoms with Crippen molar-refractivity contribution >= 4 is 18.0 Å². The fourth-order valence-electron chi connectivity index (χ4n) is 3.09. The zero-order valence-electron chi connectivity index (χ0n) is 18.1. The predicted molar refractivity (Wildman–Crippen MR) is 119 cm³/mol. The molecule has 1 heterocycles. The normalized spacial score (nSPS) is 15.4. The number of carbonyl (C=O) groups is 2. The molecule has 1 atom stereocenters. The van der Waals surface area contributed by atoms with Crippen LogP contribution in [0.5, 0.6) is 17.2 Å². The summed E-state index contributed by atoms with van der Waals surface area (Å²) in [5.41, 5.74) is 3.62. The van der Waals surface area contributed by atoms with Crippen molar-refractivity contribution in [2.75, 3.05) is 34.0 Å². The molecule has 2 N–H and O–H groups in total. The van der Waals surface area contributed by atoms with E-state index < -0.39 is 0 Å². The lowest BCUT2D eigenvalue weighted by Gasteiger charge is -2.11. The number of benzene rings is 2. The average Bonchev–Trinajstić information content (AvgIpc) is 3.35. The number of hydrogen-bond donors (Lipinski definition) is 2. The van der Waals surface area contributed by atoms with Crippen molar-refractivity contribution in [2.24, 2.45) is 5.10 Å². The molecule has 1 fully saturated rings. The van der Waals surface area contributed by atoms with Gasteiger partial charge in [0.15, 0.2) is 18.1 Å². The third kappa shape index (κ3) is 6.71. The molecule has 9 nitrogen and oxygen atoms in total. The largest absolute Gasteiger partial charge is 0.493 e. The summed E-state index contributed by atoms with van der Waals surface area (Å²) < 4.78 is 21.3. The van der Waals surface area contributed by atoms with E-state index in [-0.39, 0.29) is 24.5 Å². The minimum absolute atomic E-state index is 0.0679. The predicted octanol–water partition coefficient (Wildman–Crippen LogP) is 2.14. The summed E-state index contributed by atoms with van der Waals surface area (Å²) in [7, 11) is 3.03. The van der Waals surface area contributed by atoms with Gasteiger partial charge in [-0.3, -0.25) is 9.59 Å². The maximum Gasteiger partial charge on any atom is 0.271 e. The highest BCUT2D eigenvalue weighted by molar-refractivity contribution is 5.95. The van der Waals surface area contributed by atoms with E-state index in [4.69, 9.17) is 18.9 Å². The van der Waals surface area contributed by atoms with Crippen molar-refractivity contribution in [3.05, 3.63) is 53.6 Å². The van der Waals surface area contributed by atoms with Gasteiger partial charge in [0.05, 0.1) is 26.5 Å². The lowest BCUT2D eigenvalue weighted by atomic mass is 10.2. The van der Waals surface area contributed by atoms with E-state index in [1.54, 1.807) is 42.5 Å². The van der Waals surface area contributed by atoms with Crippen LogP contribution in [0.4, 0.5) is 0 Å². The highest BCUT2D eigenvalue weighted by atomic mass is 16.5. The van der Waals surface area contributed by atoms with Gasteiger partial charge in [-0.2, -0.15) is 5.10 Å². The molecule has 2 amide bonds. The lowest BCUT2D eigenvalue weighted by Crippen LogP contribution is -2.35. The van der Waals surface area contributed by atoms with Crippen LogP contribution in [0.25, 0.3) is 0 Å². The van der Waals surface area contributed by atoms with Crippen LogP contribution < -0.4 is 25.0 Å². The van der Waals surface area contributed by atoms with Crippen molar-refractivity contribution in [1.82, 2.24) is 10.7 Å². The highest BCUT2D eigenvalue weighted by Gasteiger charge is 2.16. The number of hydrogen-bond acceptors (Lipinski definition) is 7. The highest BCUT2D eigenvalue weighted by Crippen LogP contribution is 2.27. The van der Waals surface area contributed by atoms with Gasteiger partial charge in [0, 0.05) is 18.7 Å². The first kappa shape index (κ1) is 23.1. The zero-order chi connectivity index (χ0) is 22.8. The van der Waals surface area contributed by atoms with Crippen molar-refractivity contribution in [3.8, 4) is 17.2 Å². The standard InChI is InChI=1S/C23H27N3O6/c1-29-20-10-7-17(12-21(20)30-2)23(28)26-25-13-16-5-8-18(9-6-16)32-15-22(27)24-14-19-4-3-11-31-19/h5-10,12-13,19H,3-4,11,14-15H2,1-2H3,(H,24,27)(H,26,28). The molecule has 9 heteroatoms. The Hall–Kier alpha value is -3.59. The summed E-state index contributed by atoms with van der Waals surface area (Å²) in [6.07, 6.45) is 3.62. The van der Waals surface area contributed by atoms with Gasteiger partial charge in [0.25, 0.3) is 11.8 Å². The SMILES string of the molecule is COc1ccc(C(=O)NN=Cc2ccc(OCC(=O)NCC3CCCO3)cc2)cc1OC. The van der Waals surface area contributed by atoms with Crippen LogP contribution in [0.15, 0.2) is 47.6 Å². The van der Waals surface area contributed by atoms with Crippen molar-refractivity contribution in [1.29, 1.82) is 0 Å². The topological polar surface area (TPSA) is 107 Å². The second-order valence-corrected chi connectivity index (χ2v) is 7.07. The van der Waals surface area contributed by atoms with Crippen LogP contribution in [-0.2, 0) is 9.53 Å². The van der Waals surface area contributed by atoms with Crippen LogP contribution in [-0.4, -0.2) is 58.1 Å². The first-order valence-electron chi connectivity index (χ1n) is 10.3. The number of carbonyl (C=O) groups excluding carboxylic acids is 2. The van der Waals surface area contributed by atoms with Gasteiger partial charge in [-0.25, -0.2) is 5.43 Å². The summed E-state index contributed by atoms with van der Waals surface area (Å²) in [5.74, 6) is 0.986. The number of hydrazone groups is 1. The summed E-state index contributed by atoms with van der Waals surface area (Å²) in [6.45, 7) is 1.20. The van der Waals surface area contributed by atoms with Gasteiger partial charge in [-0.15, -0.1) is 0 Å². The van der Waals surface area contributed by atoms with Gasteiger partial charge >= 0.3 is 0 Å². The Kier molecular flexibility index (Phi) is 8.44. The van der Waals surface area contributed by atoms with Gasteiger partial charge in [0.1, 0.15) is 5.75 Å². The molecule has 32 heavy (non-hydrogen) atoms. The van der Waals surface area contributed by atoms with E-state index in [2.05, 4.69) is 15.8 Å². The van der Waals surface area contributed by atoms with Crippen LogP contribution in [0.2, 0.25) is 0 Å². The number of ether oxygens (including phenoxy) is 4. The Balaban J connectivity index is 1.43. The second kappa shape index (κ2) is 11.7. The molecule has 0 aliphatic carbocycles.